The van der Waals surface area contributed by atoms with Crippen molar-refractivity contribution in [2.45, 2.75) is 25.1 Å². The van der Waals surface area contributed by atoms with Crippen LogP contribution in [0.15, 0.2) is 18.2 Å². The largest absolute Gasteiger partial charge is 0.416 e. The molecule has 1 aromatic carbocycles. The van der Waals surface area contributed by atoms with Gasteiger partial charge in [0.2, 0.25) is 0 Å². The van der Waals surface area contributed by atoms with Crippen molar-refractivity contribution in [3.8, 4) is 0 Å². The van der Waals surface area contributed by atoms with Gasteiger partial charge in [-0.15, -0.1) is 0 Å². The fourth-order valence-corrected chi connectivity index (χ4v) is 2.28. The molecule has 1 heterocycles. The second-order valence-corrected chi connectivity index (χ2v) is 4.85. The summed E-state index contributed by atoms with van der Waals surface area (Å²) in [6.45, 7) is 1.72. The zero-order valence-electron chi connectivity index (χ0n) is 9.65. The second kappa shape index (κ2) is 5.36. The number of rotatable bonds is 2. The standard InChI is InChI=1S/C12H14ClF3N2/c13-9-4-8(12(14,15)16)5-11(6-9)18-10-2-1-3-17-7-10/h4-6,10,17-18H,1-3,7H2. The third-order valence-electron chi connectivity index (χ3n) is 2.89. The van der Waals surface area contributed by atoms with Gasteiger partial charge in [-0.05, 0) is 37.6 Å². The van der Waals surface area contributed by atoms with Crippen LogP contribution in [0.1, 0.15) is 18.4 Å². The molecule has 2 nitrogen and oxygen atoms in total. The fraction of sp³-hybridized carbons (Fsp3) is 0.500. The number of nitrogens with one attached hydrogen (secondary N) is 2. The number of halogens is 4. The van der Waals surface area contributed by atoms with Crippen LogP contribution in [0.3, 0.4) is 0 Å². The predicted octanol–water partition coefficient (Wildman–Crippen LogP) is 3.52. The van der Waals surface area contributed by atoms with E-state index >= 15 is 0 Å². The van der Waals surface area contributed by atoms with E-state index in [-0.39, 0.29) is 11.1 Å². The van der Waals surface area contributed by atoms with Crippen LogP contribution in [-0.4, -0.2) is 19.1 Å². The number of alkyl halides is 3. The summed E-state index contributed by atoms with van der Waals surface area (Å²) in [5.41, 5.74) is -0.301. The van der Waals surface area contributed by atoms with Gasteiger partial charge in [0.05, 0.1) is 5.56 Å². The van der Waals surface area contributed by atoms with Crippen LogP contribution in [-0.2, 0) is 6.18 Å². The van der Waals surface area contributed by atoms with Gasteiger partial charge in [0.1, 0.15) is 0 Å². The molecule has 1 aliphatic heterocycles. The minimum atomic E-state index is -4.37. The fourth-order valence-electron chi connectivity index (χ4n) is 2.05. The van der Waals surface area contributed by atoms with Crippen molar-refractivity contribution in [3.63, 3.8) is 0 Å². The number of piperidine rings is 1. The second-order valence-electron chi connectivity index (χ2n) is 4.41. The first-order valence-corrected chi connectivity index (χ1v) is 6.18. The van der Waals surface area contributed by atoms with Crippen LogP contribution in [0.4, 0.5) is 18.9 Å². The molecule has 1 fully saturated rings. The molecule has 1 unspecified atom stereocenters. The smallest absolute Gasteiger partial charge is 0.381 e. The molecule has 1 saturated heterocycles. The Morgan fingerprint density at radius 2 is 2.06 bits per heavy atom. The molecule has 100 valence electrons. The molecule has 6 heteroatoms. The topological polar surface area (TPSA) is 24.1 Å². The quantitative estimate of drug-likeness (QED) is 0.865. The Kier molecular flexibility index (Phi) is 4.02. The average molecular weight is 279 g/mol. The van der Waals surface area contributed by atoms with Gasteiger partial charge in [-0.25, -0.2) is 0 Å². The predicted molar refractivity (Wildman–Crippen MR) is 66.0 cm³/mol. The van der Waals surface area contributed by atoms with Crippen molar-refractivity contribution in [2.24, 2.45) is 0 Å². The lowest BCUT2D eigenvalue weighted by Crippen LogP contribution is -2.38. The summed E-state index contributed by atoms with van der Waals surface area (Å²) in [6.07, 6.45) is -2.41. The number of hydrogen-bond donors (Lipinski definition) is 2. The van der Waals surface area contributed by atoms with Gasteiger partial charge in [0.15, 0.2) is 0 Å². The van der Waals surface area contributed by atoms with Gasteiger partial charge in [-0.3, -0.25) is 0 Å². The van der Waals surface area contributed by atoms with Crippen molar-refractivity contribution in [3.05, 3.63) is 28.8 Å². The summed E-state index contributed by atoms with van der Waals surface area (Å²) >= 11 is 5.72. The van der Waals surface area contributed by atoms with E-state index in [9.17, 15) is 13.2 Å². The molecular formula is C12H14ClF3N2. The lowest BCUT2D eigenvalue weighted by molar-refractivity contribution is -0.137. The summed E-state index contributed by atoms with van der Waals surface area (Å²) in [4.78, 5) is 0. The average Bonchev–Trinajstić information content (AvgIpc) is 2.28. The molecule has 18 heavy (non-hydrogen) atoms. The Hall–Kier alpha value is -0.940. The summed E-state index contributed by atoms with van der Waals surface area (Å²) in [5.74, 6) is 0. The minimum Gasteiger partial charge on any atom is -0.381 e. The SMILES string of the molecule is FC(F)(F)c1cc(Cl)cc(NC2CCCNC2)c1. The van der Waals surface area contributed by atoms with Crippen LogP contribution in [0, 0.1) is 0 Å². The van der Waals surface area contributed by atoms with Crippen LogP contribution in [0.5, 0.6) is 0 Å². The molecule has 0 aliphatic carbocycles. The van der Waals surface area contributed by atoms with Gasteiger partial charge in [-0.2, -0.15) is 13.2 Å². The van der Waals surface area contributed by atoms with Gasteiger partial charge >= 0.3 is 6.18 Å². The zero-order chi connectivity index (χ0) is 13.2. The molecule has 0 spiro atoms. The Balaban J connectivity index is 2.14. The van der Waals surface area contributed by atoms with E-state index in [1.54, 1.807) is 0 Å². The molecule has 0 radical (unpaired) electrons. The minimum absolute atomic E-state index is 0.0936. The Labute approximate surface area is 109 Å². The van der Waals surface area contributed by atoms with E-state index < -0.39 is 11.7 Å². The molecule has 1 aliphatic rings. The van der Waals surface area contributed by atoms with E-state index in [0.717, 1.165) is 38.1 Å². The molecule has 1 aromatic rings. The maximum absolute atomic E-state index is 12.6. The first-order valence-electron chi connectivity index (χ1n) is 5.80. The third-order valence-corrected chi connectivity index (χ3v) is 3.11. The highest BCUT2D eigenvalue weighted by atomic mass is 35.5. The van der Waals surface area contributed by atoms with Crippen molar-refractivity contribution in [1.82, 2.24) is 5.32 Å². The van der Waals surface area contributed by atoms with E-state index in [4.69, 9.17) is 11.6 Å². The summed E-state index contributed by atoms with van der Waals surface area (Å²) in [6, 6.07) is 3.70. The van der Waals surface area contributed by atoms with Gasteiger partial charge in [0.25, 0.3) is 0 Å². The molecular weight excluding hydrogens is 265 g/mol. The van der Waals surface area contributed by atoms with Crippen molar-refractivity contribution >= 4 is 17.3 Å². The highest BCUT2D eigenvalue weighted by molar-refractivity contribution is 6.30. The van der Waals surface area contributed by atoms with Gasteiger partial charge in [-0.1, -0.05) is 11.6 Å². The molecule has 0 saturated carbocycles. The van der Waals surface area contributed by atoms with Crippen LogP contribution >= 0.6 is 11.6 Å². The number of hydrogen-bond acceptors (Lipinski definition) is 2. The molecule has 0 aromatic heterocycles. The van der Waals surface area contributed by atoms with Gasteiger partial charge < -0.3 is 10.6 Å². The summed E-state index contributed by atoms with van der Waals surface area (Å²) < 4.78 is 37.9. The highest BCUT2D eigenvalue weighted by Gasteiger charge is 2.31. The number of anilines is 1. The maximum Gasteiger partial charge on any atom is 0.416 e. The van der Waals surface area contributed by atoms with E-state index in [1.165, 1.54) is 6.07 Å². The third kappa shape index (κ3) is 3.53. The van der Waals surface area contributed by atoms with E-state index in [0.29, 0.717) is 5.69 Å². The highest BCUT2D eigenvalue weighted by Crippen LogP contribution is 2.33. The van der Waals surface area contributed by atoms with Crippen molar-refractivity contribution in [2.75, 3.05) is 18.4 Å². The molecule has 2 N–H and O–H groups in total. The molecule has 0 amide bonds. The first kappa shape index (κ1) is 13.5. The Bertz CT molecular complexity index is 414. The van der Waals surface area contributed by atoms with E-state index in [2.05, 4.69) is 10.6 Å². The Morgan fingerprint density at radius 3 is 2.67 bits per heavy atom. The summed E-state index contributed by atoms with van der Waals surface area (Å²) in [5, 5.41) is 6.38. The van der Waals surface area contributed by atoms with E-state index in [1.807, 2.05) is 0 Å². The molecule has 0 bridgehead atoms. The van der Waals surface area contributed by atoms with Gasteiger partial charge in [0, 0.05) is 23.3 Å². The van der Waals surface area contributed by atoms with Crippen LogP contribution in [0.2, 0.25) is 5.02 Å². The molecule has 1 atom stereocenters. The molecule has 2 rings (SSSR count). The zero-order valence-corrected chi connectivity index (χ0v) is 10.4. The monoisotopic (exact) mass is 278 g/mol. The maximum atomic E-state index is 12.6. The summed E-state index contributed by atoms with van der Waals surface area (Å²) in [7, 11) is 0. The normalized spacial score (nSPS) is 20.8. The Morgan fingerprint density at radius 1 is 1.28 bits per heavy atom. The number of benzene rings is 1. The van der Waals surface area contributed by atoms with Crippen molar-refractivity contribution in [1.29, 1.82) is 0 Å². The lowest BCUT2D eigenvalue weighted by atomic mass is 10.1. The van der Waals surface area contributed by atoms with Crippen LogP contribution < -0.4 is 10.6 Å². The first-order chi connectivity index (χ1) is 8.45. The lowest BCUT2D eigenvalue weighted by Gasteiger charge is -2.25. The van der Waals surface area contributed by atoms with Crippen molar-refractivity contribution < 1.29 is 13.2 Å². The van der Waals surface area contributed by atoms with Crippen LogP contribution in [0.25, 0.3) is 0 Å².